The number of urea groups is 1. The molecule has 5 nitrogen and oxygen atoms in total. The molecule has 2 amide bonds. The fourth-order valence-corrected chi connectivity index (χ4v) is 3.66. The molecule has 1 aliphatic carbocycles. The highest BCUT2D eigenvalue weighted by Gasteiger charge is 2.31. The molecular weight excluding hydrogens is 316 g/mol. The maximum absolute atomic E-state index is 12.2. The van der Waals surface area contributed by atoms with E-state index in [0.29, 0.717) is 13.0 Å². The molecule has 0 saturated heterocycles. The Morgan fingerprint density at radius 1 is 1.20 bits per heavy atom. The van der Waals surface area contributed by atoms with Crippen LogP contribution in [-0.4, -0.2) is 30.4 Å². The van der Waals surface area contributed by atoms with E-state index in [2.05, 4.69) is 16.7 Å². The van der Waals surface area contributed by atoms with E-state index in [-0.39, 0.29) is 12.1 Å². The fourth-order valence-electron chi connectivity index (χ4n) is 3.66. The van der Waals surface area contributed by atoms with Gasteiger partial charge in [-0.1, -0.05) is 36.4 Å². The smallest absolute Gasteiger partial charge is 0.315 e. The predicted octanol–water partition coefficient (Wildman–Crippen LogP) is 2.12. The Balaban J connectivity index is 1.30. The summed E-state index contributed by atoms with van der Waals surface area (Å²) in [7, 11) is 0. The van der Waals surface area contributed by atoms with E-state index in [1.807, 2.05) is 36.4 Å². The topological polar surface area (TPSA) is 70.6 Å². The van der Waals surface area contributed by atoms with Crippen molar-refractivity contribution in [3.05, 3.63) is 64.7 Å². The first kappa shape index (κ1) is 16.0. The highest BCUT2D eigenvalue weighted by Crippen LogP contribution is 2.31. The Labute approximate surface area is 147 Å². The van der Waals surface area contributed by atoms with Crippen LogP contribution >= 0.6 is 0 Å². The summed E-state index contributed by atoms with van der Waals surface area (Å²) in [6.45, 7) is 1.31. The largest absolute Gasteiger partial charge is 0.493 e. The second-order valence-corrected chi connectivity index (χ2v) is 6.64. The monoisotopic (exact) mass is 338 g/mol. The van der Waals surface area contributed by atoms with Gasteiger partial charge in [-0.25, -0.2) is 4.79 Å². The van der Waals surface area contributed by atoms with Crippen LogP contribution in [0.1, 0.15) is 28.3 Å². The molecule has 2 aromatic rings. The number of hydrogen-bond donors (Lipinski definition) is 3. The molecule has 1 heterocycles. The van der Waals surface area contributed by atoms with Gasteiger partial charge in [0.05, 0.1) is 18.8 Å². The van der Waals surface area contributed by atoms with E-state index in [1.54, 1.807) is 0 Å². The van der Waals surface area contributed by atoms with Gasteiger partial charge in [0.1, 0.15) is 5.75 Å². The van der Waals surface area contributed by atoms with Crippen LogP contribution in [-0.2, 0) is 19.3 Å². The van der Waals surface area contributed by atoms with Crippen molar-refractivity contribution >= 4 is 6.03 Å². The van der Waals surface area contributed by atoms with Gasteiger partial charge < -0.3 is 20.5 Å². The van der Waals surface area contributed by atoms with E-state index in [0.717, 1.165) is 36.3 Å². The van der Waals surface area contributed by atoms with Gasteiger partial charge in [0, 0.05) is 19.4 Å². The van der Waals surface area contributed by atoms with Crippen LogP contribution in [0.2, 0.25) is 0 Å². The molecule has 0 spiro atoms. The molecule has 2 atom stereocenters. The van der Waals surface area contributed by atoms with Crippen molar-refractivity contribution < 1.29 is 14.6 Å². The Morgan fingerprint density at radius 3 is 3.00 bits per heavy atom. The fraction of sp³-hybridized carbons (Fsp3) is 0.350. The summed E-state index contributed by atoms with van der Waals surface area (Å²) in [6.07, 6.45) is 1.73. The van der Waals surface area contributed by atoms with E-state index in [1.165, 1.54) is 11.1 Å². The Morgan fingerprint density at radius 2 is 2.08 bits per heavy atom. The summed E-state index contributed by atoms with van der Waals surface area (Å²) in [5, 5.41) is 16.0. The Bertz CT molecular complexity index is 790. The van der Waals surface area contributed by atoms with Gasteiger partial charge in [-0.2, -0.15) is 0 Å². The van der Waals surface area contributed by atoms with Gasteiger partial charge in [-0.15, -0.1) is 0 Å². The first-order valence-electron chi connectivity index (χ1n) is 8.75. The van der Waals surface area contributed by atoms with Crippen LogP contribution in [0.5, 0.6) is 5.75 Å². The molecule has 0 fully saturated rings. The molecule has 3 N–H and O–H groups in total. The lowest BCUT2D eigenvalue weighted by molar-refractivity contribution is 0.142. The minimum absolute atomic E-state index is 0.245. The molecule has 25 heavy (non-hydrogen) atoms. The van der Waals surface area contributed by atoms with Gasteiger partial charge in [0.15, 0.2) is 0 Å². The molecule has 130 valence electrons. The van der Waals surface area contributed by atoms with Crippen LogP contribution in [0.4, 0.5) is 4.79 Å². The number of carbonyl (C=O) groups is 1. The number of aliphatic hydroxyl groups excluding tert-OH is 1. The Kier molecular flexibility index (Phi) is 4.32. The average Bonchev–Trinajstić information content (AvgIpc) is 3.19. The molecule has 1 aliphatic heterocycles. The maximum Gasteiger partial charge on any atom is 0.315 e. The van der Waals surface area contributed by atoms with E-state index < -0.39 is 6.10 Å². The third-order valence-corrected chi connectivity index (χ3v) is 4.94. The minimum atomic E-state index is -0.570. The standard InChI is InChI=1S/C20H22N2O3/c23-17-12-14-3-1-2-4-16(14)19(17)22-20(24)21-9-7-13-5-6-18-15(11-13)8-10-25-18/h1-6,11,17,19,23H,7-10,12H2,(H2,21,22,24). The lowest BCUT2D eigenvalue weighted by atomic mass is 10.1. The van der Waals surface area contributed by atoms with Crippen molar-refractivity contribution in [3.8, 4) is 5.75 Å². The molecule has 0 radical (unpaired) electrons. The SMILES string of the molecule is O=C(NCCc1ccc2c(c1)CCO2)NC1c2ccccc2CC1O. The van der Waals surface area contributed by atoms with Gasteiger partial charge in [0.2, 0.25) is 0 Å². The van der Waals surface area contributed by atoms with Gasteiger partial charge in [0.25, 0.3) is 0 Å². The number of carbonyl (C=O) groups excluding carboxylic acids is 1. The number of ether oxygens (including phenoxy) is 1. The van der Waals surface area contributed by atoms with Gasteiger partial charge in [-0.3, -0.25) is 0 Å². The second-order valence-electron chi connectivity index (χ2n) is 6.64. The number of fused-ring (bicyclic) bond motifs is 2. The zero-order valence-corrected chi connectivity index (χ0v) is 14.0. The van der Waals surface area contributed by atoms with Crippen molar-refractivity contribution in [1.82, 2.24) is 10.6 Å². The first-order chi connectivity index (χ1) is 12.2. The molecule has 2 aliphatic rings. The summed E-state index contributed by atoms with van der Waals surface area (Å²) in [4.78, 5) is 12.2. The van der Waals surface area contributed by atoms with E-state index >= 15 is 0 Å². The quantitative estimate of drug-likeness (QED) is 0.800. The lowest BCUT2D eigenvalue weighted by Gasteiger charge is -2.18. The van der Waals surface area contributed by atoms with Crippen molar-refractivity contribution in [3.63, 3.8) is 0 Å². The van der Waals surface area contributed by atoms with Crippen molar-refractivity contribution in [1.29, 1.82) is 0 Å². The molecule has 4 rings (SSSR count). The van der Waals surface area contributed by atoms with Gasteiger partial charge in [-0.05, 0) is 34.7 Å². The molecule has 5 heteroatoms. The predicted molar refractivity (Wildman–Crippen MR) is 94.8 cm³/mol. The minimum Gasteiger partial charge on any atom is -0.493 e. The molecule has 0 saturated carbocycles. The summed E-state index contributed by atoms with van der Waals surface area (Å²) in [5.74, 6) is 0.975. The highest BCUT2D eigenvalue weighted by molar-refractivity contribution is 5.74. The zero-order chi connectivity index (χ0) is 17.2. The van der Waals surface area contributed by atoms with E-state index in [4.69, 9.17) is 4.74 Å². The molecule has 0 aromatic heterocycles. The van der Waals surface area contributed by atoms with E-state index in [9.17, 15) is 9.90 Å². The highest BCUT2D eigenvalue weighted by atomic mass is 16.5. The average molecular weight is 338 g/mol. The summed E-state index contributed by atoms with van der Waals surface area (Å²) >= 11 is 0. The number of nitrogens with one attached hydrogen (secondary N) is 2. The number of aliphatic hydroxyl groups is 1. The zero-order valence-electron chi connectivity index (χ0n) is 14.0. The van der Waals surface area contributed by atoms with Crippen LogP contribution in [0, 0.1) is 0 Å². The van der Waals surface area contributed by atoms with Crippen LogP contribution in [0.3, 0.4) is 0 Å². The second kappa shape index (κ2) is 6.76. The summed E-state index contributed by atoms with van der Waals surface area (Å²) in [5.41, 5.74) is 4.54. The van der Waals surface area contributed by atoms with Crippen LogP contribution in [0.15, 0.2) is 42.5 Å². The van der Waals surface area contributed by atoms with Crippen LogP contribution in [0.25, 0.3) is 0 Å². The molecule has 0 bridgehead atoms. The summed E-state index contributed by atoms with van der Waals surface area (Å²) < 4.78 is 5.51. The first-order valence-corrected chi connectivity index (χ1v) is 8.75. The lowest BCUT2D eigenvalue weighted by Crippen LogP contribution is -2.41. The van der Waals surface area contributed by atoms with Crippen molar-refractivity contribution in [2.45, 2.75) is 31.4 Å². The maximum atomic E-state index is 12.2. The van der Waals surface area contributed by atoms with Crippen molar-refractivity contribution in [2.24, 2.45) is 0 Å². The number of hydrogen-bond acceptors (Lipinski definition) is 3. The molecule has 2 unspecified atom stereocenters. The molecule has 2 aromatic carbocycles. The third kappa shape index (κ3) is 3.33. The van der Waals surface area contributed by atoms with Crippen molar-refractivity contribution in [2.75, 3.05) is 13.2 Å². The Hall–Kier alpha value is -2.53. The normalized spacial score (nSPS) is 20.5. The number of benzene rings is 2. The van der Waals surface area contributed by atoms with Gasteiger partial charge >= 0.3 is 6.03 Å². The molecular formula is C20H22N2O3. The number of amides is 2. The third-order valence-electron chi connectivity index (χ3n) is 4.94. The summed E-state index contributed by atoms with van der Waals surface area (Å²) in [6, 6.07) is 13.5. The number of rotatable bonds is 4. The van der Waals surface area contributed by atoms with Crippen LogP contribution < -0.4 is 15.4 Å².